The highest BCUT2D eigenvalue weighted by molar-refractivity contribution is 8.03. The van der Waals surface area contributed by atoms with Crippen molar-refractivity contribution in [3.05, 3.63) is 33.9 Å². The molecule has 1 amide bonds. The zero-order valence-corrected chi connectivity index (χ0v) is 15.2. The summed E-state index contributed by atoms with van der Waals surface area (Å²) >= 11 is 4.57. The summed E-state index contributed by atoms with van der Waals surface area (Å²) in [5.74, 6) is -0.393. The van der Waals surface area contributed by atoms with Gasteiger partial charge in [-0.25, -0.2) is 4.98 Å². The number of nitrogens with two attached hydrogens (primary N) is 1. The van der Waals surface area contributed by atoms with Crippen molar-refractivity contribution in [2.45, 2.75) is 30.6 Å². The van der Waals surface area contributed by atoms with Gasteiger partial charge in [-0.3, -0.25) is 4.79 Å². The van der Waals surface area contributed by atoms with E-state index in [0.717, 1.165) is 21.5 Å². The molecular formula is C15H19N3OS3. The largest absolute Gasteiger partial charge is 0.365 e. The molecule has 4 nitrogen and oxygen atoms in total. The Hall–Kier alpha value is -1.15. The Kier molecular flexibility index (Phi) is 5.80. The highest BCUT2D eigenvalue weighted by Crippen LogP contribution is 2.32. The molecule has 0 saturated carbocycles. The third-order valence-corrected chi connectivity index (χ3v) is 5.55. The summed E-state index contributed by atoms with van der Waals surface area (Å²) in [5, 5.41) is 7.44. The van der Waals surface area contributed by atoms with Crippen molar-refractivity contribution in [1.29, 1.82) is 0 Å². The van der Waals surface area contributed by atoms with Crippen LogP contribution in [0.2, 0.25) is 0 Å². The van der Waals surface area contributed by atoms with Crippen LogP contribution in [-0.4, -0.2) is 23.0 Å². The quantitative estimate of drug-likeness (QED) is 0.771. The van der Waals surface area contributed by atoms with Gasteiger partial charge in [0, 0.05) is 17.5 Å². The first-order valence-electron chi connectivity index (χ1n) is 6.77. The van der Waals surface area contributed by atoms with Crippen LogP contribution in [0.1, 0.15) is 30.4 Å². The molecule has 2 heterocycles. The number of hydrogen-bond donors (Lipinski definition) is 2. The van der Waals surface area contributed by atoms with Gasteiger partial charge in [0.1, 0.15) is 0 Å². The van der Waals surface area contributed by atoms with Gasteiger partial charge in [0.05, 0.1) is 15.4 Å². The van der Waals surface area contributed by atoms with Gasteiger partial charge in [-0.2, -0.15) is 0 Å². The fourth-order valence-corrected chi connectivity index (χ4v) is 3.98. The van der Waals surface area contributed by atoms with E-state index in [4.69, 9.17) is 5.73 Å². The molecular weight excluding hydrogens is 334 g/mol. The van der Waals surface area contributed by atoms with Gasteiger partial charge in [0.25, 0.3) is 5.91 Å². The molecule has 118 valence electrons. The molecule has 2 aromatic heterocycles. The number of nitrogens with one attached hydrogen (secondary N) is 1. The van der Waals surface area contributed by atoms with Gasteiger partial charge in [0.2, 0.25) is 0 Å². The average Bonchev–Trinajstić information content (AvgIpc) is 3.05. The normalized spacial score (nSPS) is 12.1. The third kappa shape index (κ3) is 5.24. The minimum Gasteiger partial charge on any atom is -0.365 e. The van der Waals surface area contributed by atoms with Crippen LogP contribution < -0.4 is 11.1 Å². The molecule has 0 bridgehead atoms. The number of rotatable bonds is 6. The Morgan fingerprint density at radius 1 is 1.45 bits per heavy atom. The molecule has 0 saturated heterocycles. The summed E-state index contributed by atoms with van der Waals surface area (Å²) in [4.78, 5) is 17.2. The molecule has 0 aliphatic carbocycles. The maximum absolute atomic E-state index is 11.1. The third-order valence-electron chi connectivity index (χ3n) is 2.60. The first-order chi connectivity index (χ1) is 10.3. The van der Waals surface area contributed by atoms with Crippen LogP contribution in [0.5, 0.6) is 0 Å². The summed E-state index contributed by atoms with van der Waals surface area (Å²) < 4.78 is 0.982. The van der Waals surface area contributed by atoms with Gasteiger partial charge < -0.3 is 11.1 Å². The van der Waals surface area contributed by atoms with E-state index in [-0.39, 0.29) is 5.54 Å². The predicted molar refractivity (Wildman–Crippen MR) is 96.7 cm³/mol. The second-order valence-corrected chi connectivity index (χ2v) is 8.74. The number of thioether (sulfide) groups is 1. The standard InChI is InChI=1S/C15H19N3OS3/c1-15(2,3)17-7-4-8-20-14-18-10(9-21-14)11-5-6-12(22-11)13(16)19/h4-6,8-9,17H,7H2,1-3H3,(H2,16,19)/b8-4+. The molecule has 7 heteroatoms. The van der Waals surface area contributed by atoms with Crippen LogP contribution in [0, 0.1) is 0 Å². The van der Waals surface area contributed by atoms with Crippen molar-refractivity contribution in [3.8, 4) is 10.6 Å². The van der Waals surface area contributed by atoms with Crippen molar-refractivity contribution >= 4 is 40.3 Å². The number of thiophene rings is 1. The molecule has 0 aromatic carbocycles. The predicted octanol–water partition coefficient (Wildman–Crippen LogP) is 3.96. The van der Waals surface area contributed by atoms with Gasteiger partial charge in [0.15, 0.2) is 4.34 Å². The molecule has 0 atom stereocenters. The Morgan fingerprint density at radius 2 is 2.23 bits per heavy atom. The van der Waals surface area contributed by atoms with Gasteiger partial charge >= 0.3 is 0 Å². The molecule has 2 rings (SSSR count). The van der Waals surface area contributed by atoms with E-state index in [0.29, 0.717) is 4.88 Å². The lowest BCUT2D eigenvalue weighted by atomic mass is 10.1. The van der Waals surface area contributed by atoms with E-state index < -0.39 is 5.91 Å². The van der Waals surface area contributed by atoms with E-state index in [1.807, 2.05) is 16.9 Å². The molecule has 0 radical (unpaired) electrons. The topological polar surface area (TPSA) is 68.0 Å². The fourth-order valence-electron chi connectivity index (χ4n) is 1.55. The maximum atomic E-state index is 11.1. The van der Waals surface area contributed by atoms with Gasteiger partial charge in [-0.05, 0) is 38.3 Å². The van der Waals surface area contributed by atoms with Crippen LogP contribution in [0.3, 0.4) is 0 Å². The van der Waals surface area contributed by atoms with Crippen LogP contribution in [0.4, 0.5) is 0 Å². The van der Waals surface area contributed by atoms with Crippen molar-refractivity contribution in [2.75, 3.05) is 6.54 Å². The summed E-state index contributed by atoms with van der Waals surface area (Å²) in [6.45, 7) is 7.26. The molecule has 22 heavy (non-hydrogen) atoms. The van der Waals surface area contributed by atoms with Gasteiger partial charge in [-0.15, -0.1) is 22.7 Å². The number of carbonyl (C=O) groups is 1. The highest BCUT2D eigenvalue weighted by Gasteiger charge is 2.10. The summed E-state index contributed by atoms with van der Waals surface area (Å²) in [6, 6.07) is 3.63. The lowest BCUT2D eigenvalue weighted by molar-refractivity contribution is 0.100. The Morgan fingerprint density at radius 3 is 2.86 bits per heavy atom. The number of carbonyl (C=O) groups excluding carboxylic acids is 1. The van der Waals surface area contributed by atoms with Crippen molar-refractivity contribution in [2.24, 2.45) is 5.73 Å². The van der Waals surface area contributed by atoms with Crippen molar-refractivity contribution in [1.82, 2.24) is 10.3 Å². The average molecular weight is 354 g/mol. The van der Waals surface area contributed by atoms with Crippen molar-refractivity contribution < 1.29 is 4.79 Å². The second kappa shape index (κ2) is 7.41. The van der Waals surface area contributed by atoms with Gasteiger partial charge in [-0.1, -0.05) is 17.8 Å². The molecule has 2 aromatic rings. The zero-order valence-electron chi connectivity index (χ0n) is 12.8. The van der Waals surface area contributed by atoms with E-state index in [1.165, 1.54) is 11.3 Å². The Bertz CT molecular complexity index is 668. The summed E-state index contributed by atoms with van der Waals surface area (Å²) in [6.07, 6.45) is 2.09. The van der Waals surface area contributed by atoms with Crippen LogP contribution in [0.25, 0.3) is 10.6 Å². The number of aromatic nitrogens is 1. The van der Waals surface area contributed by atoms with Crippen LogP contribution in [-0.2, 0) is 0 Å². The van der Waals surface area contributed by atoms with E-state index in [9.17, 15) is 4.79 Å². The minimum atomic E-state index is -0.393. The lowest BCUT2D eigenvalue weighted by Crippen LogP contribution is -2.35. The molecule has 3 N–H and O–H groups in total. The number of primary amides is 1. The minimum absolute atomic E-state index is 0.126. The molecule has 0 aliphatic heterocycles. The Balaban J connectivity index is 1.91. The fraction of sp³-hybridized carbons (Fsp3) is 0.333. The number of amides is 1. The highest BCUT2D eigenvalue weighted by atomic mass is 32.2. The zero-order chi connectivity index (χ0) is 16.2. The molecule has 0 spiro atoms. The van der Waals surface area contributed by atoms with Crippen LogP contribution >= 0.6 is 34.4 Å². The van der Waals surface area contributed by atoms with E-state index >= 15 is 0 Å². The number of nitrogens with zero attached hydrogens (tertiary/aromatic N) is 1. The SMILES string of the molecule is CC(C)(C)NC/C=C/Sc1nc(-c2ccc(C(N)=O)s2)cs1. The first-order valence-corrected chi connectivity index (χ1v) is 9.35. The number of thiazole rings is 1. The van der Waals surface area contributed by atoms with Crippen LogP contribution in [0.15, 0.2) is 33.3 Å². The summed E-state index contributed by atoms with van der Waals surface area (Å²) in [5.41, 5.74) is 6.29. The maximum Gasteiger partial charge on any atom is 0.258 e. The first kappa shape index (κ1) is 17.2. The molecule has 0 aliphatic rings. The number of hydrogen-bond acceptors (Lipinski definition) is 6. The smallest absolute Gasteiger partial charge is 0.258 e. The lowest BCUT2D eigenvalue weighted by Gasteiger charge is -2.18. The Labute approximate surface area is 142 Å². The molecule has 0 unspecified atom stereocenters. The van der Waals surface area contributed by atoms with Crippen molar-refractivity contribution in [3.63, 3.8) is 0 Å². The second-order valence-electron chi connectivity index (χ2n) is 5.65. The molecule has 0 fully saturated rings. The monoisotopic (exact) mass is 353 g/mol. The van der Waals surface area contributed by atoms with E-state index in [2.05, 4.69) is 37.1 Å². The van der Waals surface area contributed by atoms with E-state index in [1.54, 1.807) is 29.2 Å². The summed E-state index contributed by atoms with van der Waals surface area (Å²) in [7, 11) is 0.